The Hall–Kier alpha value is -2.15. The van der Waals surface area contributed by atoms with E-state index < -0.39 is 0 Å². The maximum Gasteiger partial charge on any atom is 0.239 e. The quantitative estimate of drug-likeness (QED) is 0.889. The van der Waals surface area contributed by atoms with Crippen molar-refractivity contribution in [1.29, 1.82) is 0 Å². The van der Waals surface area contributed by atoms with E-state index in [0.29, 0.717) is 19.6 Å². The fourth-order valence-corrected chi connectivity index (χ4v) is 4.69. The van der Waals surface area contributed by atoms with E-state index in [4.69, 9.17) is 4.98 Å². The summed E-state index contributed by atoms with van der Waals surface area (Å²) in [7, 11) is 0. The molecule has 1 aromatic carbocycles. The Kier molecular flexibility index (Phi) is 4.33. The molecular weight excluding hydrogens is 336 g/mol. The van der Waals surface area contributed by atoms with Gasteiger partial charge >= 0.3 is 0 Å². The molecular formula is C18H22N4O2S. The standard InChI is InChI=1S/C18H22N4O2S/c1-12-4-5-14-15(9-12)25-18(20-14)22-7-2-3-13(10-22)17(24)21-8-6-19-16(23)11-21/h4-5,9,13H,2-3,6-8,10-11H2,1H3,(H,19,23). The summed E-state index contributed by atoms with van der Waals surface area (Å²) in [6, 6.07) is 6.30. The normalized spacial score (nSPS) is 21.5. The van der Waals surface area contributed by atoms with E-state index in [-0.39, 0.29) is 24.3 Å². The average Bonchev–Trinajstić information content (AvgIpc) is 3.04. The smallest absolute Gasteiger partial charge is 0.239 e. The van der Waals surface area contributed by atoms with E-state index in [1.807, 2.05) is 0 Å². The molecule has 7 heteroatoms. The lowest BCUT2D eigenvalue weighted by atomic mass is 9.96. The Balaban J connectivity index is 1.49. The number of hydrogen-bond donors (Lipinski definition) is 1. The first-order valence-electron chi connectivity index (χ1n) is 8.78. The summed E-state index contributed by atoms with van der Waals surface area (Å²) in [5, 5.41) is 3.77. The maximum absolute atomic E-state index is 12.8. The van der Waals surface area contributed by atoms with Crippen molar-refractivity contribution in [2.24, 2.45) is 5.92 Å². The highest BCUT2D eigenvalue weighted by molar-refractivity contribution is 7.22. The van der Waals surface area contributed by atoms with Crippen molar-refractivity contribution < 1.29 is 9.59 Å². The molecule has 2 aromatic rings. The van der Waals surface area contributed by atoms with Crippen LogP contribution in [0.5, 0.6) is 0 Å². The molecule has 132 valence electrons. The molecule has 1 aromatic heterocycles. The Labute approximate surface area is 150 Å². The number of benzene rings is 1. The highest BCUT2D eigenvalue weighted by atomic mass is 32.1. The van der Waals surface area contributed by atoms with Crippen LogP contribution in [0.15, 0.2) is 18.2 Å². The minimum Gasteiger partial charge on any atom is -0.353 e. The van der Waals surface area contributed by atoms with Gasteiger partial charge in [-0.3, -0.25) is 9.59 Å². The molecule has 2 fully saturated rings. The summed E-state index contributed by atoms with van der Waals surface area (Å²) >= 11 is 1.69. The zero-order chi connectivity index (χ0) is 17.4. The number of carbonyl (C=O) groups excluding carboxylic acids is 2. The summed E-state index contributed by atoms with van der Waals surface area (Å²) in [6.45, 7) is 5.07. The van der Waals surface area contributed by atoms with Crippen molar-refractivity contribution in [1.82, 2.24) is 15.2 Å². The number of carbonyl (C=O) groups is 2. The predicted octanol–water partition coefficient (Wildman–Crippen LogP) is 1.78. The van der Waals surface area contributed by atoms with Crippen LogP contribution < -0.4 is 10.2 Å². The third-order valence-electron chi connectivity index (χ3n) is 4.92. The summed E-state index contributed by atoms with van der Waals surface area (Å²) in [5.41, 5.74) is 2.25. The van der Waals surface area contributed by atoms with E-state index >= 15 is 0 Å². The SMILES string of the molecule is Cc1ccc2nc(N3CCCC(C(=O)N4CCNC(=O)C4)C3)sc2c1. The topological polar surface area (TPSA) is 65.5 Å². The monoisotopic (exact) mass is 358 g/mol. The van der Waals surface area contributed by atoms with Crippen LogP contribution in [0, 0.1) is 12.8 Å². The van der Waals surface area contributed by atoms with Crippen LogP contribution in [0.2, 0.25) is 0 Å². The summed E-state index contributed by atoms with van der Waals surface area (Å²) in [6.07, 6.45) is 1.86. The number of hydrogen-bond acceptors (Lipinski definition) is 5. The number of amides is 2. The van der Waals surface area contributed by atoms with Gasteiger partial charge in [0.05, 0.1) is 22.7 Å². The van der Waals surface area contributed by atoms with Crippen molar-refractivity contribution in [2.45, 2.75) is 19.8 Å². The van der Waals surface area contributed by atoms with Crippen LogP contribution >= 0.6 is 11.3 Å². The summed E-state index contributed by atoms with van der Waals surface area (Å²) in [5.74, 6) is -0.00119. The van der Waals surface area contributed by atoms with Crippen LogP contribution in [-0.2, 0) is 9.59 Å². The molecule has 1 N–H and O–H groups in total. The molecule has 3 heterocycles. The van der Waals surface area contributed by atoms with E-state index in [2.05, 4.69) is 35.3 Å². The second-order valence-electron chi connectivity index (χ2n) is 6.86. The fraction of sp³-hybridized carbons (Fsp3) is 0.500. The Bertz CT molecular complexity index is 819. The third-order valence-corrected chi connectivity index (χ3v) is 6.00. The minimum absolute atomic E-state index is 0.0478. The first-order valence-corrected chi connectivity index (χ1v) is 9.59. The van der Waals surface area contributed by atoms with Crippen molar-refractivity contribution >= 4 is 38.5 Å². The van der Waals surface area contributed by atoms with Crippen molar-refractivity contribution in [3.8, 4) is 0 Å². The molecule has 2 amide bonds. The molecule has 6 nitrogen and oxygen atoms in total. The zero-order valence-electron chi connectivity index (χ0n) is 14.3. The number of thiazole rings is 1. The number of nitrogens with zero attached hydrogens (tertiary/aromatic N) is 3. The first-order chi connectivity index (χ1) is 12.1. The van der Waals surface area contributed by atoms with Gasteiger partial charge in [-0.2, -0.15) is 0 Å². The van der Waals surface area contributed by atoms with Gasteiger partial charge in [0.2, 0.25) is 11.8 Å². The number of fused-ring (bicyclic) bond motifs is 1. The van der Waals surface area contributed by atoms with Crippen LogP contribution in [0.1, 0.15) is 18.4 Å². The van der Waals surface area contributed by atoms with Gasteiger partial charge in [0.1, 0.15) is 0 Å². The molecule has 1 unspecified atom stereocenters. The fourth-order valence-electron chi connectivity index (χ4n) is 3.59. The number of nitrogens with one attached hydrogen (secondary N) is 1. The molecule has 0 bridgehead atoms. The molecule has 2 aliphatic heterocycles. The van der Waals surface area contributed by atoms with Crippen molar-refractivity contribution in [3.63, 3.8) is 0 Å². The number of anilines is 1. The van der Waals surface area contributed by atoms with Gasteiger partial charge < -0.3 is 15.1 Å². The molecule has 1 atom stereocenters. The summed E-state index contributed by atoms with van der Waals surface area (Å²) in [4.78, 5) is 33.0. The number of aromatic nitrogens is 1. The molecule has 2 aliphatic rings. The van der Waals surface area contributed by atoms with Gasteiger partial charge in [0.15, 0.2) is 5.13 Å². The van der Waals surface area contributed by atoms with Gasteiger partial charge in [0.25, 0.3) is 0 Å². The largest absolute Gasteiger partial charge is 0.353 e. The van der Waals surface area contributed by atoms with Gasteiger partial charge in [-0.1, -0.05) is 17.4 Å². The van der Waals surface area contributed by atoms with Gasteiger partial charge in [-0.05, 0) is 37.5 Å². The van der Waals surface area contributed by atoms with E-state index in [1.165, 1.54) is 10.3 Å². The molecule has 2 saturated heterocycles. The van der Waals surface area contributed by atoms with Crippen LogP contribution in [-0.4, -0.2) is 54.4 Å². The lowest BCUT2D eigenvalue weighted by molar-refractivity contribution is -0.141. The number of piperidine rings is 1. The number of aryl methyl sites for hydroxylation is 1. The van der Waals surface area contributed by atoms with Gasteiger partial charge in [-0.25, -0.2) is 4.98 Å². The second-order valence-corrected chi connectivity index (χ2v) is 7.87. The van der Waals surface area contributed by atoms with Crippen molar-refractivity contribution in [2.75, 3.05) is 37.6 Å². The molecule has 0 spiro atoms. The number of rotatable bonds is 2. The van der Waals surface area contributed by atoms with Crippen molar-refractivity contribution in [3.05, 3.63) is 23.8 Å². The first kappa shape index (κ1) is 16.3. The maximum atomic E-state index is 12.8. The molecule has 25 heavy (non-hydrogen) atoms. The lowest BCUT2D eigenvalue weighted by Gasteiger charge is -2.35. The van der Waals surface area contributed by atoms with Crippen LogP contribution in [0.25, 0.3) is 10.2 Å². The highest BCUT2D eigenvalue weighted by Gasteiger charge is 2.32. The average molecular weight is 358 g/mol. The molecule has 0 aliphatic carbocycles. The highest BCUT2D eigenvalue weighted by Crippen LogP contribution is 2.32. The second kappa shape index (κ2) is 6.63. The molecule has 4 rings (SSSR count). The zero-order valence-corrected chi connectivity index (χ0v) is 15.1. The predicted molar refractivity (Wildman–Crippen MR) is 98.9 cm³/mol. The Morgan fingerprint density at radius 1 is 1.36 bits per heavy atom. The molecule has 0 saturated carbocycles. The molecule has 0 radical (unpaired) electrons. The Morgan fingerprint density at radius 2 is 2.24 bits per heavy atom. The van der Waals surface area contributed by atoms with Crippen LogP contribution in [0.3, 0.4) is 0 Å². The van der Waals surface area contributed by atoms with E-state index in [1.54, 1.807) is 16.2 Å². The van der Waals surface area contributed by atoms with Crippen LogP contribution in [0.4, 0.5) is 5.13 Å². The van der Waals surface area contributed by atoms with E-state index in [0.717, 1.165) is 30.0 Å². The summed E-state index contributed by atoms with van der Waals surface area (Å²) < 4.78 is 1.19. The minimum atomic E-state index is -0.0613. The van der Waals surface area contributed by atoms with E-state index in [9.17, 15) is 9.59 Å². The van der Waals surface area contributed by atoms with Gasteiger partial charge in [-0.15, -0.1) is 0 Å². The third kappa shape index (κ3) is 3.33. The Morgan fingerprint density at radius 3 is 3.08 bits per heavy atom. The number of piperazine rings is 1. The van der Waals surface area contributed by atoms with Gasteiger partial charge in [0, 0.05) is 26.2 Å². The lowest BCUT2D eigenvalue weighted by Crippen LogP contribution is -2.53.